The molecule has 1 saturated carbocycles. The zero-order valence-electron chi connectivity index (χ0n) is 12.8. The maximum absolute atomic E-state index is 5.24. The number of guanidine groups is 1. The third-order valence-corrected chi connectivity index (χ3v) is 4.47. The number of hydrogen-bond acceptors (Lipinski definition) is 2. The molecule has 0 spiro atoms. The van der Waals surface area contributed by atoms with E-state index in [-0.39, 0.29) is 0 Å². The van der Waals surface area contributed by atoms with Gasteiger partial charge in [-0.1, -0.05) is 25.3 Å². The normalized spacial score (nSPS) is 16.6. The van der Waals surface area contributed by atoms with Crippen molar-refractivity contribution in [2.24, 2.45) is 4.99 Å². The Morgan fingerprint density at radius 3 is 2.71 bits per heavy atom. The lowest BCUT2D eigenvalue weighted by Gasteiger charge is -2.25. The van der Waals surface area contributed by atoms with Crippen molar-refractivity contribution in [3.63, 3.8) is 0 Å². The molecule has 1 aliphatic carbocycles. The number of aliphatic imine (C=N–C) groups is 1. The minimum absolute atomic E-state index is 0.563. The maximum atomic E-state index is 5.24. The number of rotatable bonds is 4. The lowest BCUT2D eigenvalue weighted by Crippen LogP contribution is -2.43. The summed E-state index contributed by atoms with van der Waals surface area (Å²) in [5.41, 5.74) is 1.19. The van der Waals surface area contributed by atoms with Crippen LogP contribution in [-0.4, -0.2) is 26.2 Å². The second-order valence-corrected chi connectivity index (χ2v) is 6.23. The van der Waals surface area contributed by atoms with Gasteiger partial charge in [0.2, 0.25) is 0 Å². The number of nitrogens with zero attached hydrogens (tertiary/aromatic N) is 1. The molecule has 2 rings (SSSR count). The number of hydrogen-bond donors (Lipinski definition) is 2. The molecule has 1 aromatic rings. The molecule has 0 bridgehead atoms. The number of benzene rings is 1. The summed E-state index contributed by atoms with van der Waals surface area (Å²) >= 11 is 3.51. The molecule has 1 aromatic carbocycles. The first-order valence-electron chi connectivity index (χ1n) is 7.52. The molecular formula is C16H24BrN3O. The summed E-state index contributed by atoms with van der Waals surface area (Å²) in [6.07, 6.45) is 6.49. The maximum Gasteiger partial charge on any atom is 0.191 e. The van der Waals surface area contributed by atoms with Gasteiger partial charge in [0.05, 0.1) is 11.6 Å². The van der Waals surface area contributed by atoms with Crippen LogP contribution in [-0.2, 0) is 6.54 Å². The molecule has 0 amide bonds. The van der Waals surface area contributed by atoms with E-state index >= 15 is 0 Å². The summed E-state index contributed by atoms with van der Waals surface area (Å²) in [5.74, 6) is 1.73. The SMILES string of the molecule is CN=C(NCc1ccc(OC)c(Br)c1)NC1CCCCC1. The van der Waals surface area contributed by atoms with Gasteiger partial charge in [0.25, 0.3) is 0 Å². The minimum Gasteiger partial charge on any atom is -0.496 e. The Kier molecular flexibility index (Phi) is 6.36. The van der Waals surface area contributed by atoms with E-state index < -0.39 is 0 Å². The largest absolute Gasteiger partial charge is 0.496 e. The van der Waals surface area contributed by atoms with Gasteiger partial charge in [-0.15, -0.1) is 0 Å². The Balaban J connectivity index is 1.86. The molecule has 5 heteroatoms. The van der Waals surface area contributed by atoms with Crippen LogP contribution in [0.5, 0.6) is 5.75 Å². The average molecular weight is 354 g/mol. The van der Waals surface area contributed by atoms with Gasteiger partial charge in [-0.25, -0.2) is 0 Å². The van der Waals surface area contributed by atoms with Gasteiger partial charge in [0.15, 0.2) is 5.96 Å². The minimum atomic E-state index is 0.563. The zero-order chi connectivity index (χ0) is 15.1. The molecule has 0 heterocycles. The highest BCUT2D eigenvalue weighted by molar-refractivity contribution is 9.10. The van der Waals surface area contributed by atoms with Gasteiger partial charge in [-0.05, 0) is 46.5 Å². The van der Waals surface area contributed by atoms with Crippen molar-refractivity contribution in [2.45, 2.75) is 44.7 Å². The topological polar surface area (TPSA) is 45.7 Å². The second kappa shape index (κ2) is 8.27. The predicted octanol–water partition coefficient (Wildman–Crippen LogP) is 3.46. The smallest absolute Gasteiger partial charge is 0.191 e. The van der Waals surface area contributed by atoms with Crippen molar-refractivity contribution < 1.29 is 4.74 Å². The molecule has 0 unspecified atom stereocenters. The summed E-state index contributed by atoms with van der Waals surface area (Å²) in [5, 5.41) is 6.89. The first-order chi connectivity index (χ1) is 10.2. The van der Waals surface area contributed by atoms with Crippen LogP contribution in [0.4, 0.5) is 0 Å². The first-order valence-corrected chi connectivity index (χ1v) is 8.32. The van der Waals surface area contributed by atoms with Crippen LogP contribution < -0.4 is 15.4 Å². The third-order valence-electron chi connectivity index (χ3n) is 3.85. The Morgan fingerprint density at radius 2 is 2.10 bits per heavy atom. The van der Waals surface area contributed by atoms with Gasteiger partial charge in [-0.3, -0.25) is 4.99 Å². The van der Waals surface area contributed by atoms with Crippen LogP contribution in [0.1, 0.15) is 37.7 Å². The van der Waals surface area contributed by atoms with Crippen LogP contribution in [0.3, 0.4) is 0 Å². The lowest BCUT2D eigenvalue weighted by molar-refractivity contribution is 0.410. The molecule has 2 N–H and O–H groups in total. The first kappa shape index (κ1) is 16.1. The molecule has 0 saturated heterocycles. The van der Waals surface area contributed by atoms with E-state index in [1.807, 2.05) is 13.1 Å². The van der Waals surface area contributed by atoms with Crippen molar-refractivity contribution >= 4 is 21.9 Å². The molecular weight excluding hydrogens is 330 g/mol. The Morgan fingerprint density at radius 1 is 1.33 bits per heavy atom. The molecule has 4 nitrogen and oxygen atoms in total. The van der Waals surface area contributed by atoms with Gasteiger partial charge in [0, 0.05) is 19.6 Å². The van der Waals surface area contributed by atoms with Crippen LogP contribution >= 0.6 is 15.9 Å². The van der Waals surface area contributed by atoms with Gasteiger partial charge < -0.3 is 15.4 Å². The second-order valence-electron chi connectivity index (χ2n) is 5.37. The van der Waals surface area contributed by atoms with E-state index in [9.17, 15) is 0 Å². The standard InChI is InChI=1S/C16H24BrN3O/c1-18-16(20-13-6-4-3-5-7-13)19-11-12-8-9-15(21-2)14(17)10-12/h8-10,13H,3-7,11H2,1-2H3,(H2,18,19,20). The molecule has 116 valence electrons. The molecule has 1 aliphatic rings. The van der Waals surface area contributed by atoms with Crippen molar-refractivity contribution in [2.75, 3.05) is 14.2 Å². The highest BCUT2D eigenvalue weighted by Gasteiger charge is 2.14. The van der Waals surface area contributed by atoms with E-state index in [4.69, 9.17) is 4.74 Å². The van der Waals surface area contributed by atoms with Crippen molar-refractivity contribution in [3.05, 3.63) is 28.2 Å². The number of nitrogens with one attached hydrogen (secondary N) is 2. The number of halogens is 1. The van der Waals surface area contributed by atoms with E-state index in [0.29, 0.717) is 6.04 Å². The zero-order valence-corrected chi connectivity index (χ0v) is 14.4. The summed E-state index contributed by atoms with van der Waals surface area (Å²) in [6.45, 7) is 0.745. The summed E-state index contributed by atoms with van der Waals surface area (Å²) in [4.78, 5) is 4.31. The highest BCUT2D eigenvalue weighted by atomic mass is 79.9. The fraction of sp³-hybridized carbons (Fsp3) is 0.562. The quantitative estimate of drug-likeness (QED) is 0.643. The predicted molar refractivity (Wildman–Crippen MR) is 90.9 cm³/mol. The van der Waals surface area contributed by atoms with Gasteiger partial charge in [-0.2, -0.15) is 0 Å². The molecule has 1 fully saturated rings. The van der Waals surface area contributed by atoms with Crippen LogP contribution in [0.2, 0.25) is 0 Å². The van der Waals surface area contributed by atoms with Crippen molar-refractivity contribution in [1.82, 2.24) is 10.6 Å². The fourth-order valence-electron chi connectivity index (χ4n) is 2.64. The van der Waals surface area contributed by atoms with E-state index in [2.05, 4.69) is 43.7 Å². The Hall–Kier alpha value is -1.23. The van der Waals surface area contributed by atoms with E-state index in [1.54, 1.807) is 7.11 Å². The number of ether oxygens (including phenoxy) is 1. The van der Waals surface area contributed by atoms with Gasteiger partial charge >= 0.3 is 0 Å². The molecule has 21 heavy (non-hydrogen) atoms. The van der Waals surface area contributed by atoms with Crippen LogP contribution in [0, 0.1) is 0 Å². The summed E-state index contributed by atoms with van der Waals surface area (Å²) < 4.78 is 6.22. The van der Waals surface area contributed by atoms with E-state index in [0.717, 1.165) is 22.7 Å². The van der Waals surface area contributed by atoms with Gasteiger partial charge in [0.1, 0.15) is 5.75 Å². The molecule has 0 atom stereocenters. The average Bonchev–Trinajstić information content (AvgIpc) is 2.52. The van der Waals surface area contributed by atoms with Crippen LogP contribution in [0.25, 0.3) is 0 Å². The molecule has 0 radical (unpaired) electrons. The fourth-order valence-corrected chi connectivity index (χ4v) is 3.23. The summed E-state index contributed by atoms with van der Waals surface area (Å²) in [6, 6.07) is 6.66. The number of methoxy groups -OCH3 is 1. The van der Waals surface area contributed by atoms with Crippen molar-refractivity contribution in [1.29, 1.82) is 0 Å². The third kappa shape index (κ3) is 4.92. The lowest BCUT2D eigenvalue weighted by atomic mass is 9.96. The van der Waals surface area contributed by atoms with E-state index in [1.165, 1.54) is 37.7 Å². The monoisotopic (exact) mass is 353 g/mol. The molecule has 0 aliphatic heterocycles. The Labute approximate surface area is 135 Å². The highest BCUT2D eigenvalue weighted by Crippen LogP contribution is 2.25. The molecule has 0 aromatic heterocycles. The van der Waals surface area contributed by atoms with Crippen molar-refractivity contribution in [3.8, 4) is 5.75 Å². The Bertz CT molecular complexity index is 484. The van der Waals surface area contributed by atoms with Crippen LogP contribution in [0.15, 0.2) is 27.7 Å². The summed E-state index contributed by atoms with van der Waals surface area (Å²) in [7, 11) is 3.50.